The number of benzene rings is 1. The predicted molar refractivity (Wildman–Crippen MR) is 118 cm³/mol. The average Bonchev–Trinajstić information content (AvgIpc) is 3.45. The Hall–Kier alpha value is -3.62. The summed E-state index contributed by atoms with van der Waals surface area (Å²) in [5.41, 5.74) is 6.96. The highest BCUT2D eigenvalue weighted by molar-refractivity contribution is 5.90. The Kier molecular flexibility index (Phi) is 5.19. The number of nitrogens with two attached hydrogens (primary N) is 1. The van der Waals surface area contributed by atoms with Gasteiger partial charge >= 0.3 is 0 Å². The highest BCUT2D eigenvalue weighted by Gasteiger charge is 2.29. The van der Waals surface area contributed by atoms with E-state index in [2.05, 4.69) is 37.2 Å². The van der Waals surface area contributed by atoms with Crippen molar-refractivity contribution in [2.75, 3.05) is 26.0 Å². The molecule has 0 unspecified atom stereocenters. The maximum absolute atomic E-state index is 15.2. The van der Waals surface area contributed by atoms with E-state index in [1.54, 1.807) is 30.3 Å². The molecule has 0 aliphatic carbocycles. The van der Waals surface area contributed by atoms with E-state index in [9.17, 15) is 4.39 Å². The van der Waals surface area contributed by atoms with Crippen LogP contribution in [0.15, 0.2) is 12.4 Å². The van der Waals surface area contributed by atoms with Crippen molar-refractivity contribution < 1.29 is 13.5 Å². The molecular formula is C22H22F2N8O. The van der Waals surface area contributed by atoms with Gasteiger partial charge < -0.3 is 20.4 Å². The molecule has 33 heavy (non-hydrogen) atoms. The summed E-state index contributed by atoms with van der Waals surface area (Å²) in [6, 6.07) is 1.37. The molecule has 4 aromatic rings. The van der Waals surface area contributed by atoms with Gasteiger partial charge in [-0.15, -0.1) is 0 Å². The van der Waals surface area contributed by atoms with Crippen LogP contribution in [0.1, 0.15) is 29.5 Å². The van der Waals surface area contributed by atoms with Gasteiger partial charge in [-0.05, 0) is 19.3 Å². The number of fused-ring (bicyclic) bond motifs is 2. The fourth-order valence-electron chi connectivity index (χ4n) is 4.30. The molecule has 11 heteroatoms. The van der Waals surface area contributed by atoms with Crippen LogP contribution in [0.25, 0.3) is 22.1 Å². The lowest BCUT2D eigenvalue weighted by Crippen LogP contribution is -2.25. The third kappa shape index (κ3) is 3.48. The summed E-state index contributed by atoms with van der Waals surface area (Å²) in [5, 5.41) is 8.45. The van der Waals surface area contributed by atoms with E-state index in [1.807, 2.05) is 0 Å². The molecule has 1 fully saturated rings. The van der Waals surface area contributed by atoms with Gasteiger partial charge in [0.25, 0.3) is 0 Å². The average molecular weight is 452 g/mol. The van der Waals surface area contributed by atoms with Crippen molar-refractivity contribution in [3.05, 3.63) is 41.1 Å². The quantitative estimate of drug-likeness (QED) is 0.457. The van der Waals surface area contributed by atoms with Gasteiger partial charge in [0, 0.05) is 32.8 Å². The number of ether oxygens (including phenoxy) is 1. The number of hydrogen-bond donors (Lipinski definition) is 2. The van der Waals surface area contributed by atoms with E-state index in [0.29, 0.717) is 30.0 Å². The maximum atomic E-state index is 15.2. The zero-order valence-electron chi connectivity index (χ0n) is 18.4. The van der Waals surface area contributed by atoms with Crippen molar-refractivity contribution in [1.29, 1.82) is 0 Å². The van der Waals surface area contributed by atoms with Crippen molar-refractivity contribution in [2.45, 2.75) is 25.4 Å². The Labute approximate surface area is 188 Å². The van der Waals surface area contributed by atoms with Crippen LogP contribution < -0.4 is 11.1 Å². The SMILES string of the molecule is COC[C@H]1C[C@H](n2nc(C#Cc3c(F)cc4nc(C)n(C)c4c3F)c3c(N)ncnc32)CN1. The lowest BCUT2D eigenvalue weighted by molar-refractivity contribution is 0.172. The summed E-state index contributed by atoms with van der Waals surface area (Å²) in [5.74, 6) is 4.63. The third-order valence-electron chi connectivity index (χ3n) is 6.01. The highest BCUT2D eigenvalue weighted by atomic mass is 19.1. The fraction of sp³-hybridized carbons (Fsp3) is 0.364. The second-order valence-electron chi connectivity index (χ2n) is 8.08. The number of hydrogen-bond acceptors (Lipinski definition) is 7. The van der Waals surface area contributed by atoms with Crippen molar-refractivity contribution in [1.82, 2.24) is 34.6 Å². The lowest BCUT2D eigenvalue weighted by atomic mass is 10.1. The number of nitrogens with one attached hydrogen (secondary N) is 1. The second-order valence-corrected chi connectivity index (χ2v) is 8.08. The highest BCUT2D eigenvalue weighted by Crippen LogP contribution is 2.28. The number of halogens is 2. The number of aryl methyl sites for hydroxylation is 2. The molecule has 0 amide bonds. The van der Waals surface area contributed by atoms with Gasteiger partial charge in [0.15, 0.2) is 11.5 Å². The molecule has 1 aliphatic heterocycles. The standard InChI is InChI=1S/C22H22F2N8O/c1-11-29-17-7-15(23)14(19(24)20(17)31(11)2)4-5-16-18-21(25)27-10-28-22(18)32(30-16)13-6-12(9-33-3)26-8-13/h7,10,12-13,26H,6,8-9H2,1-3H3,(H2,25,27,28)/t12-,13+/m1/s1. The van der Waals surface area contributed by atoms with Crippen LogP contribution in [0.3, 0.4) is 0 Å². The van der Waals surface area contributed by atoms with E-state index in [1.165, 1.54) is 12.4 Å². The minimum absolute atomic E-state index is 0.000240. The Morgan fingerprint density at radius 3 is 2.91 bits per heavy atom. The van der Waals surface area contributed by atoms with E-state index in [-0.39, 0.29) is 40.2 Å². The summed E-state index contributed by atoms with van der Waals surface area (Å²) in [4.78, 5) is 12.6. The number of rotatable bonds is 3. The Bertz CT molecular complexity index is 1450. The second kappa shape index (κ2) is 8.06. The van der Waals surface area contributed by atoms with Gasteiger partial charge in [-0.25, -0.2) is 28.4 Å². The van der Waals surface area contributed by atoms with Crippen LogP contribution in [0, 0.1) is 30.4 Å². The van der Waals surface area contributed by atoms with E-state index < -0.39 is 11.6 Å². The summed E-state index contributed by atoms with van der Waals surface area (Å²) in [7, 11) is 3.32. The molecule has 1 saturated heterocycles. The normalized spacial score (nSPS) is 18.2. The molecule has 170 valence electrons. The molecule has 9 nitrogen and oxygen atoms in total. The Balaban J connectivity index is 1.61. The first-order chi connectivity index (χ1) is 15.9. The largest absolute Gasteiger partial charge is 0.383 e. The number of anilines is 1. The summed E-state index contributed by atoms with van der Waals surface area (Å²) in [6.45, 7) is 2.97. The van der Waals surface area contributed by atoms with Crippen molar-refractivity contribution in [3.63, 3.8) is 0 Å². The molecule has 3 N–H and O–H groups in total. The van der Waals surface area contributed by atoms with Gasteiger partial charge in [-0.2, -0.15) is 5.10 Å². The summed E-state index contributed by atoms with van der Waals surface area (Å²) < 4.78 is 38.4. The third-order valence-corrected chi connectivity index (χ3v) is 6.01. The molecular weight excluding hydrogens is 430 g/mol. The minimum atomic E-state index is -0.791. The van der Waals surface area contributed by atoms with E-state index in [4.69, 9.17) is 10.5 Å². The number of methoxy groups -OCH3 is 1. The molecule has 4 heterocycles. The number of aromatic nitrogens is 6. The maximum Gasteiger partial charge on any atom is 0.167 e. The van der Waals surface area contributed by atoms with Crippen LogP contribution in [-0.4, -0.2) is 55.6 Å². The van der Waals surface area contributed by atoms with Gasteiger partial charge in [-0.3, -0.25) is 0 Å². The molecule has 0 bridgehead atoms. The van der Waals surface area contributed by atoms with Crippen LogP contribution in [-0.2, 0) is 11.8 Å². The predicted octanol–water partition coefficient (Wildman–Crippen LogP) is 1.83. The lowest BCUT2D eigenvalue weighted by Gasteiger charge is -2.10. The van der Waals surface area contributed by atoms with Crippen molar-refractivity contribution in [3.8, 4) is 11.8 Å². The van der Waals surface area contributed by atoms with Gasteiger partial charge in [-0.1, -0.05) is 5.92 Å². The smallest absolute Gasteiger partial charge is 0.167 e. The molecule has 0 saturated carbocycles. The van der Waals surface area contributed by atoms with Crippen LogP contribution in [0.5, 0.6) is 0 Å². The molecule has 1 aliphatic rings. The van der Waals surface area contributed by atoms with Crippen molar-refractivity contribution >= 4 is 27.9 Å². The van der Waals surface area contributed by atoms with Gasteiger partial charge in [0.05, 0.1) is 29.1 Å². The Morgan fingerprint density at radius 2 is 2.12 bits per heavy atom. The minimum Gasteiger partial charge on any atom is -0.383 e. The monoisotopic (exact) mass is 452 g/mol. The topological polar surface area (TPSA) is 109 Å². The molecule has 0 spiro atoms. The molecule has 3 aromatic heterocycles. The van der Waals surface area contributed by atoms with Gasteiger partial charge in [0.2, 0.25) is 0 Å². The van der Waals surface area contributed by atoms with Crippen LogP contribution in [0.4, 0.5) is 14.6 Å². The van der Waals surface area contributed by atoms with Crippen LogP contribution >= 0.6 is 0 Å². The first-order valence-electron chi connectivity index (χ1n) is 10.4. The molecule has 1 aromatic carbocycles. The Morgan fingerprint density at radius 1 is 1.30 bits per heavy atom. The van der Waals surface area contributed by atoms with Crippen molar-refractivity contribution in [2.24, 2.45) is 7.05 Å². The van der Waals surface area contributed by atoms with Crippen LogP contribution in [0.2, 0.25) is 0 Å². The first kappa shape index (κ1) is 21.2. The molecule has 5 rings (SSSR count). The zero-order chi connectivity index (χ0) is 23.3. The number of nitrogens with zero attached hydrogens (tertiary/aromatic N) is 6. The fourth-order valence-corrected chi connectivity index (χ4v) is 4.30. The van der Waals surface area contributed by atoms with E-state index >= 15 is 4.39 Å². The molecule has 0 radical (unpaired) electrons. The summed E-state index contributed by atoms with van der Waals surface area (Å²) in [6.07, 6.45) is 2.14. The zero-order valence-corrected chi connectivity index (χ0v) is 18.4. The van der Waals surface area contributed by atoms with Gasteiger partial charge in [0.1, 0.15) is 35.0 Å². The number of nitrogen functional groups attached to an aromatic ring is 1. The number of imidazole rings is 1. The molecule has 2 atom stereocenters. The van der Waals surface area contributed by atoms with E-state index in [0.717, 1.165) is 6.42 Å². The first-order valence-corrected chi connectivity index (χ1v) is 10.4. The summed E-state index contributed by atoms with van der Waals surface area (Å²) >= 11 is 0.